The highest BCUT2D eigenvalue weighted by molar-refractivity contribution is 7.80. The van der Waals surface area contributed by atoms with E-state index in [1.54, 1.807) is 6.07 Å². The van der Waals surface area contributed by atoms with Gasteiger partial charge in [-0.1, -0.05) is 36.0 Å². The molecule has 1 saturated heterocycles. The predicted molar refractivity (Wildman–Crippen MR) is 89.1 cm³/mol. The Morgan fingerprint density at radius 1 is 1.33 bits per heavy atom. The molecule has 1 aromatic rings. The minimum Gasteiger partial charge on any atom is -0.392 e. The second kappa shape index (κ2) is 6.57. The lowest BCUT2D eigenvalue weighted by Gasteiger charge is -2.43. The highest BCUT2D eigenvalue weighted by Crippen LogP contribution is 2.23. The molecule has 3 nitrogen and oxygen atoms in total. The molecule has 6 heteroatoms. The van der Waals surface area contributed by atoms with Crippen LogP contribution < -0.4 is 5.73 Å². The van der Waals surface area contributed by atoms with E-state index >= 15 is 0 Å². The molecule has 2 rings (SSSR count). The van der Waals surface area contributed by atoms with E-state index in [1.807, 2.05) is 6.07 Å². The minimum absolute atomic E-state index is 0.225. The standard InChI is InChI=1S/C15H21ClFN3S/c1-15(2,14(18)21)20-8-6-19(7-9-20)10-11-4-3-5-12(17)13(11)16/h3-5H,6-10H2,1-2H3,(H2,18,21). The monoisotopic (exact) mass is 329 g/mol. The van der Waals surface area contributed by atoms with Gasteiger partial charge in [0.15, 0.2) is 0 Å². The first-order valence-corrected chi connectivity index (χ1v) is 7.81. The molecule has 1 heterocycles. The molecule has 1 fully saturated rings. The van der Waals surface area contributed by atoms with Crippen LogP contribution in [0.2, 0.25) is 5.02 Å². The van der Waals surface area contributed by atoms with Crippen LogP contribution in [0.25, 0.3) is 0 Å². The van der Waals surface area contributed by atoms with Gasteiger partial charge in [0.2, 0.25) is 0 Å². The lowest BCUT2D eigenvalue weighted by molar-refractivity contribution is 0.0821. The molecule has 0 atom stereocenters. The molecule has 1 aliphatic rings. The molecular formula is C15H21ClFN3S. The quantitative estimate of drug-likeness (QED) is 0.861. The summed E-state index contributed by atoms with van der Waals surface area (Å²) >= 11 is 11.2. The fourth-order valence-corrected chi connectivity index (χ4v) is 2.85. The Hall–Kier alpha value is -0.750. The molecule has 21 heavy (non-hydrogen) atoms. The Kier molecular flexibility index (Phi) is 5.20. The van der Waals surface area contributed by atoms with Gasteiger partial charge in [0.25, 0.3) is 0 Å². The summed E-state index contributed by atoms with van der Waals surface area (Å²) in [5, 5.41) is 0.225. The molecular weight excluding hydrogens is 309 g/mol. The Labute approximate surface area is 135 Å². The third-order valence-electron chi connectivity index (χ3n) is 4.19. The summed E-state index contributed by atoms with van der Waals surface area (Å²) in [5.74, 6) is -0.359. The zero-order chi connectivity index (χ0) is 15.6. The number of benzene rings is 1. The maximum Gasteiger partial charge on any atom is 0.142 e. The van der Waals surface area contributed by atoms with Crippen molar-refractivity contribution < 1.29 is 4.39 Å². The van der Waals surface area contributed by atoms with Gasteiger partial charge in [0, 0.05) is 32.7 Å². The number of nitrogens with two attached hydrogens (primary N) is 1. The van der Waals surface area contributed by atoms with Crippen molar-refractivity contribution >= 4 is 28.8 Å². The van der Waals surface area contributed by atoms with Gasteiger partial charge in [-0.15, -0.1) is 0 Å². The third kappa shape index (κ3) is 3.72. The van der Waals surface area contributed by atoms with Gasteiger partial charge in [-0.3, -0.25) is 9.80 Å². The zero-order valence-electron chi connectivity index (χ0n) is 12.4. The van der Waals surface area contributed by atoms with Crippen LogP contribution in [0.15, 0.2) is 18.2 Å². The summed E-state index contributed by atoms with van der Waals surface area (Å²) in [6, 6.07) is 4.95. The third-order valence-corrected chi connectivity index (χ3v) is 5.11. The number of thiocarbonyl (C=S) groups is 1. The van der Waals surface area contributed by atoms with Crippen LogP contribution in [-0.4, -0.2) is 46.5 Å². The van der Waals surface area contributed by atoms with Crippen LogP contribution >= 0.6 is 23.8 Å². The van der Waals surface area contributed by atoms with Crippen LogP contribution in [0.1, 0.15) is 19.4 Å². The van der Waals surface area contributed by atoms with Gasteiger partial charge in [0.05, 0.1) is 15.6 Å². The molecule has 1 aromatic carbocycles. The van der Waals surface area contributed by atoms with E-state index in [2.05, 4.69) is 23.6 Å². The van der Waals surface area contributed by atoms with E-state index < -0.39 is 0 Å². The van der Waals surface area contributed by atoms with E-state index in [0.717, 1.165) is 31.7 Å². The summed E-state index contributed by atoms with van der Waals surface area (Å²) in [7, 11) is 0. The molecule has 0 bridgehead atoms. The second-order valence-corrected chi connectivity index (χ2v) is 6.72. The van der Waals surface area contributed by atoms with E-state index in [1.165, 1.54) is 6.07 Å². The maximum absolute atomic E-state index is 13.5. The van der Waals surface area contributed by atoms with Crippen LogP contribution in [0.4, 0.5) is 4.39 Å². The maximum atomic E-state index is 13.5. The molecule has 2 N–H and O–H groups in total. The smallest absolute Gasteiger partial charge is 0.142 e. The van der Waals surface area contributed by atoms with E-state index in [-0.39, 0.29) is 16.4 Å². The van der Waals surface area contributed by atoms with Crippen molar-refractivity contribution in [1.29, 1.82) is 0 Å². The van der Waals surface area contributed by atoms with Crippen molar-refractivity contribution in [1.82, 2.24) is 9.80 Å². The van der Waals surface area contributed by atoms with Crippen molar-refractivity contribution in [2.24, 2.45) is 5.73 Å². The molecule has 0 aliphatic carbocycles. The van der Waals surface area contributed by atoms with Gasteiger partial charge in [-0.05, 0) is 25.5 Å². The van der Waals surface area contributed by atoms with Crippen molar-refractivity contribution in [2.75, 3.05) is 26.2 Å². The minimum atomic E-state index is -0.359. The Balaban J connectivity index is 1.96. The Morgan fingerprint density at radius 2 is 1.95 bits per heavy atom. The van der Waals surface area contributed by atoms with E-state index in [0.29, 0.717) is 11.5 Å². The predicted octanol–water partition coefficient (Wildman–Crippen LogP) is 2.66. The normalized spacial score (nSPS) is 17.9. The van der Waals surface area contributed by atoms with Crippen LogP contribution in [-0.2, 0) is 6.54 Å². The lowest BCUT2D eigenvalue weighted by Crippen LogP contribution is -2.59. The Bertz CT molecular complexity index is 528. The first kappa shape index (κ1) is 16.6. The second-order valence-electron chi connectivity index (χ2n) is 5.90. The lowest BCUT2D eigenvalue weighted by atomic mass is 10.0. The topological polar surface area (TPSA) is 32.5 Å². The molecule has 0 unspecified atom stereocenters. The molecule has 1 aliphatic heterocycles. The number of hydrogen-bond acceptors (Lipinski definition) is 3. The van der Waals surface area contributed by atoms with Gasteiger partial charge in [-0.25, -0.2) is 4.39 Å². The van der Waals surface area contributed by atoms with Crippen LogP contribution in [0, 0.1) is 5.82 Å². The Morgan fingerprint density at radius 3 is 2.52 bits per heavy atom. The summed E-state index contributed by atoms with van der Waals surface area (Å²) < 4.78 is 13.5. The van der Waals surface area contributed by atoms with Gasteiger partial charge in [-0.2, -0.15) is 0 Å². The molecule has 116 valence electrons. The summed E-state index contributed by atoms with van der Waals surface area (Å²) in [5.41, 5.74) is 6.38. The molecule has 0 aromatic heterocycles. The first-order valence-electron chi connectivity index (χ1n) is 7.02. The summed E-state index contributed by atoms with van der Waals surface area (Å²) in [6.45, 7) is 8.31. The fraction of sp³-hybridized carbons (Fsp3) is 0.533. The molecule has 0 spiro atoms. The molecule has 0 amide bonds. The van der Waals surface area contributed by atoms with Gasteiger partial charge < -0.3 is 5.73 Å². The van der Waals surface area contributed by atoms with Gasteiger partial charge in [0.1, 0.15) is 5.82 Å². The van der Waals surface area contributed by atoms with Gasteiger partial charge >= 0.3 is 0 Å². The largest absolute Gasteiger partial charge is 0.392 e. The SMILES string of the molecule is CC(C)(C(N)=S)N1CCN(Cc2cccc(F)c2Cl)CC1. The van der Waals surface area contributed by atoms with Crippen molar-refractivity contribution in [3.05, 3.63) is 34.6 Å². The van der Waals surface area contributed by atoms with E-state index in [4.69, 9.17) is 29.6 Å². The van der Waals surface area contributed by atoms with Crippen molar-refractivity contribution in [3.8, 4) is 0 Å². The summed E-state index contributed by atoms with van der Waals surface area (Å²) in [6.07, 6.45) is 0. The first-order chi connectivity index (χ1) is 9.82. The number of rotatable bonds is 4. The average molecular weight is 330 g/mol. The van der Waals surface area contributed by atoms with E-state index in [9.17, 15) is 4.39 Å². The number of piperazine rings is 1. The van der Waals surface area contributed by atoms with Crippen LogP contribution in [0.5, 0.6) is 0 Å². The highest BCUT2D eigenvalue weighted by Gasteiger charge is 2.32. The molecule has 0 radical (unpaired) electrons. The number of hydrogen-bond donors (Lipinski definition) is 1. The van der Waals surface area contributed by atoms with Crippen LogP contribution in [0.3, 0.4) is 0 Å². The highest BCUT2D eigenvalue weighted by atomic mass is 35.5. The molecule has 0 saturated carbocycles. The average Bonchev–Trinajstić information content (AvgIpc) is 2.44. The number of halogens is 2. The summed E-state index contributed by atoms with van der Waals surface area (Å²) in [4.78, 5) is 5.08. The number of nitrogens with zero attached hydrogens (tertiary/aromatic N) is 2. The van der Waals surface area contributed by atoms with Crippen molar-refractivity contribution in [2.45, 2.75) is 25.9 Å². The fourth-order valence-electron chi connectivity index (χ4n) is 2.53. The zero-order valence-corrected chi connectivity index (χ0v) is 14.0. The van der Waals surface area contributed by atoms with Crippen molar-refractivity contribution in [3.63, 3.8) is 0 Å².